The zero-order valence-electron chi connectivity index (χ0n) is 7.45. The molecule has 0 amide bonds. The Hall–Kier alpha value is -0.860. The van der Waals surface area contributed by atoms with Gasteiger partial charge in [0.05, 0.1) is 12.7 Å². The van der Waals surface area contributed by atoms with E-state index < -0.39 is 0 Å². The molecule has 0 saturated heterocycles. The third kappa shape index (κ3) is 2.32. The van der Waals surface area contributed by atoms with Crippen LogP contribution in [0.4, 0.5) is 0 Å². The predicted octanol–water partition coefficient (Wildman–Crippen LogP) is 1.89. The Morgan fingerprint density at radius 1 is 1.33 bits per heavy atom. The van der Waals surface area contributed by atoms with Crippen LogP contribution in [0.25, 0.3) is 0 Å². The molecule has 66 valence electrons. The highest BCUT2D eigenvalue weighted by Gasteiger charge is 1.99. The quantitative estimate of drug-likeness (QED) is 0.743. The van der Waals surface area contributed by atoms with Crippen LogP contribution in [0, 0.1) is 0 Å². The molecule has 0 bridgehead atoms. The summed E-state index contributed by atoms with van der Waals surface area (Å²) < 4.78 is 4.97. The number of aliphatic hydroxyl groups excluding tert-OH is 1. The van der Waals surface area contributed by atoms with Gasteiger partial charge in [0.1, 0.15) is 0 Å². The van der Waals surface area contributed by atoms with Crippen molar-refractivity contribution in [3.63, 3.8) is 0 Å². The van der Waals surface area contributed by atoms with Crippen LogP contribution in [0.15, 0.2) is 24.3 Å². The molecule has 2 heteroatoms. The highest BCUT2D eigenvalue weighted by Crippen LogP contribution is 2.12. The van der Waals surface area contributed by atoms with Gasteiger partial charge in [-0.15, -0.1) is 0 Å². The van der Waals surface area contributed by atoms with Crippen molar-refractivity contribution in [3.05, 3.63) is 35.4 Å². The van der Waals surface area contributed by atoms with E-state index in [4.69, 9.17) is 4.74 Å². The maximum absolute atomic E-state index is 9.21. The van der Waals surface area contributed by atoms with Crippen molar-refractivity contribution in [2.24, 2.45) is 0 Å². The van der Waals surface area contributed by atoms with Crippen LogP contribution < -0.4 is 0 Å². The minimum absolute atomic E-state index is 0.387. The molecule has 12 heavy (non-hydrogen) atoms. The lowest BCUT2D eigenvalue weighted by Gasteiger charge is -2.05. The number of hydrogen-bond acceptors (Lipinski definition) is 2. The average molecular weight is 166 g/mol. The van der Waals surface area contributed by atoms with E-state index in [2.05, 4.69) is 0 Å². The third-order valence-electron chi connectivity index (χ3n) is 1.77. The molecule has 0 unspecified atom stereocenters. The number of aliphatic hydroxyl groups is 1. The van der Waals surface area contributed by atoms with Gasteiger partial charge in [-0.1, -0.05) is 24.3 Å². The molecular weight excluding hydrogens is 152 g/mol. The summed E-state index contributed by atoms with van der Waals surface area (Å²) in [6.45, 7) is 2.38. The lowest BCUT2D eigenvalue weighted by Crippen LogP contribution is -1.92. The average Bonchev–Trinajstić information content (AvgIpc) is 2.06. The first kappa shape index (κ1) is 9.23. The van der Waals surface area contributed by atoms with Crippen molar-refractivity contribution in [1.29, 1.82) is 0 Å². The topological polar surface area (TPSA) is 29.5 Å². The van der Waals surface area contributed by atoms with Crippen molar-refractivity contribution in [2.45, 2.75) is 19.6 Å². The Labute approximate surface area is 72.8 Å². The van der Waals surface area contributed by atoms with E-state index in [0.29, 0.717) is 6.61 Å². The van der Waals surface area contributed by atoms with E-state index >= 15 is 0 Å². The summed E-state index contributed by atoms with van der Waals surface area (Å²) >= 11 is 0. The zero-order chi connectivity index (χ0) is 8.97. The molecule has 0 aromatic heterocycles. The molecule has 1 N–H and O–H groups in total. The highest BCUT2D eigenvalue weighted by molar-refractivity contribution is 5.23. The molecule has 0 aliphatic heterocycles. The Morgan fingerprint density at radius 3 is 2.33 bits per heavy atom. The number of rotatable bonds is 3. The minimum Gasteiger partial charge on any atom is -0.389 e. The maximum Gasteiger partial charge on any atom is 0.0761 e. The molecule has 1 aromatic carbocycles. The summed E-state index contributed by atoms with van der Waals surface area (Å²) in [6, 6.07) is 7.76. The summed E-state index contributed by atoms with van der Waals surface area (Å²) in [5, 5.41) is 9.21. The van der Waals surface area contributed by atoms with Crippen molar-refractivity contribution < 1.29 is 9.84 Å². The second-order valence-corrected chi connectivity index (χ2v) is 2.85. The van der Waals surface area contributed by atoms with Gasteiger partial charge in [0.15, 0.2) is 0 Å². The van der Waals surface area contributed by atoms with Gasteiger partial charge >= 0.3 is 0 Å². The predicted molar refractivity (Wildman–Crippen MR) is 47.8 cm³/mol. The van der Waals surface area contributed by atoms with Gasteiger partial charge in [-0.2, -0.15) is 0 Å². The van der Waals surface area contributed by atoms with Crippen molar-refractivity contribution in [2.75, 3.05) is 7.11 Å². The van der Waals surface area contributed by atoms with E-state index in [9.17, 15) is 5.11 Å². The molecule has 0 fully saturated rings. The fourth-order valence-electron chi connectivity index (χ4n) is 1.06. The zero-order valence-corrected chi connectivity index (χ0v) is 7.45. The van der Waals surface area contributed by atoms with Crippen LogP contribution >= 0.6 is 0 Å². The minimum atomic E-state index is -0.387. The van der Waals surface area contributed by atoms with E-state index in [0.717, 1.165) is 11.1 Å². The molecule has 1 rings (SSSR count). The van der Waals surface area contributed by atoms with Crippen LogP contribution in [0.3, 0.4) is 0 Å². The summed E-state index contributed by atoms with van der Waals surface area (Å²) in [5.41, 5.74) is 2.07. The van der Waals surface area contributed by atoms with Crippen LogP contribution in [-0.2, 0) is 11.3 Å². The third-order valence-corrected chi connectivity index (χ3v) is 1.77. The monoisotopic (exact) mass is 166 g/mol. The smallest absolute Gasteiger partial charge is 0.0761 e. The maximum atomic E-state index is 9.21. The van der Waals surface area contributed by atoms with Gasteiger partial charge in [-0.05, 0) is 18.1 Å². The molecule has 0 heterocycles. The van der Waals surface area contributed by atoms with E-state index in [1.807, 2.05) is 24.3 Å². The van der Waals surface area contributed by atoms with Gasteiger partial charge in [0.2, 0.25) is 0 Å². The summed E-state index contributed by atoms with van der Waals surface area (Å²) in [7, 11) is 1.67. The SMILES string of the molecule is COCc1ccc([C@H](C)O)cc1. The summed E-state index contributed by atoms with van der Waals surface area (Å²) in [5.74, 6) is 0. The van der Waals surface area contributed by atoms with Crippen LogP contribution in [0.2, 0.25) is 0 Å². The fourth-order valence-corrected chi connectivity index (χ4v) is 1.06. The Morgan fingerprint density at radius 2 is 1.92 bits per heavy atom. The molecule has 1 atom stereocenters. The molecule has 1 aromatic rings. The van der Waals surface area contributed by atoms with Crippen LogP contribution in [0.5, 0.6) is 0 Å². The first-order valence-electron chi connectivity index (χ1n) is 4.00. The number of methoxy groups -OCH3 is 1. The second kappa shape index (κ2) is 4.24. The van der Waals surface area contributed by atoms with Gasteiger partial charge in [-0.25, -0.2) is 0 Å². The molecule has 2 nitrogen and oxygen atoms in total. The van der Waals surface area contributed by atoms with E-state index in [1.54, 1.807) is 14.0 Å². The molecule has 0 aliphatic rings. The largest absolute Gasteiger partial charge is 0.389 e. The van der Waals surface area contributed by atoms with Gasteiger partial charge in [0.25, 0.3) is 0 Å². The van der Waals surface area contributed by atoms with Gasteiger partial charge in [0, 0.05) is 7.11 Å². The molecule has 0 radical (unpaired) electrons. The lowest BCUT2D eigenvalue weighted by atomic mass is 10.1. The first-order chi connectivity index (χ1) is 5.74. The molecule has 0 spiro atoms. The lowest BCUT2D eigenvalue weighted by molar-refractivity contribution is 0.184. The van der Waals surface area contributed by atoms with Crippen molar-refractivity contribution in [3.8, 4) is 0 Å². The molecule has 0 saturated carbocycles. The standard InChI is InChI=1S/C10H14O2/c1-8(11)10-5-3-9(4-6-10)7-12-2/h3-6,8,11H,7H2,1-2H3/t8-/m0/s1. The van der Waals surface area contributed by atoms with Gasteiger partial charge in [-0.3, -0.25) is 0 Å². The summed E-state index contributed by atoms with van der Waals surface area (Å²) in [4.78, 5) is 0. The van der Waals surface area contributed by atoms with Crippen molar-refractivity contribution in [1.82, 2.24) is 0 Å². The Bertz CT molecular complexity index is 226. The van der Waals surface area contributed by atoms with E-state index in [-0.39, 0.29) is 6.10 Å². The van der Waals surface area contributed by atoms with Crippen LogP contribution in [0.1, 0.15) is 24.2 Å². The normalized spacial score (nSPS) is 12.9. The Balaban J connectivity index is 2.71. The number of ether oxygens (including phenoxy) is 1. The summed E-state index contributed by atoms with van der Waals surface area (Å²) in [6.07, 6.45) is -0.387. The molecular formula is C10H14O2. The van der Waals surface area contributed by atoms with Gasteiger partial charge < -0.3 is 9.84 Å². The fraction of sp³-hybridized carbons (Fsp3) is 0.400. The second-order valence-electron chi connectivity index (χ2n) is 2.85. The van der Waals surface area contributed by atoms with E-state index in [1.165, 1.54) is 0 Å². The number of benzene rings is 1. The first-order valence-corrected chi connectivity index (χ1v) is 4.00. The Kier molecular flexibility index (Phi) is 3.26. The highest BCUT2D eigenvalue weighted by atomic mass is 16.5. The molecule has 0 aliphatic carbocycles. The number of hydrogen-bond donors (Lipinski definition) is 1. The van der Waals surface area contributed by atoms with Crippen LogP contribution in [-0.4, -0.2) is 12.2 Å². The van der Waals surface area contributed by atoms with Crippen molar-refractivity contribution >= 4 is 0 Å².